The first kappa shape index (κ1) is 32.5. The number of hydrogen-bond acceptors (Lipinski definition) is 2. The van der Waals surface area contributed by atoms with Crippen LogP contribution in [-0.4, -0.2) is 52.4 Å². The summed E-state index contributed by atoms with van der Waals surface area (Å²) < 4.78 is 0. The standard InChI is InChI=1S/2C16H13.C4H12B2N2.Zr/c2*1-12-10-14-8-5-9-15(16(14)11-12)13-6-3-2-4-7-13;1-7(2)5-6-8(3)4;/h2*2-11H,1H3;1-4H3;/q2*-1;;+2. The van der Waals surface area contributed by atoms with Crippen molar-refractivity contribution >= 4 is 36.2 Å². The van der Waals surface area contributed by atoms with Crippen molar-refractivity contribution in [2.24, 2.45) is 0 Å². The van der Waals surface area contributed by atoms with Crippen molar-refractivity contribution in [3.8, 4) is 22.3 Å². The molecule has 6 aromatic carbocycles. The summed E-state index contributed by atoms with van der Waals surface area (Å²) in [5, 5.41) is 5.37. The molecule has 2 radical (unpaired) electrons. The van der Waals surface area contributed by atoms with E-state index in [0.29, 0.717) is 0 Å². The van der Waals surface area contributed by atoms with Gasteiger partial charge >= 0.3 is 26.2 Å². The van der Waals surface area contributed by atoms with Crippen molar-refractivity contribution in [3.63, 3.8) is 0 Å². The molecule has 0 aliphatic carbocycles. The summed E-state index contributed by atoms with van der Waals surface area (Å²) in [6.45, 7) is 4.30. The molecule has 0 bridgehead atoms. The Hall–Kier alpha value is -2.97. The van der Waals surface area contributed by atoms with E-state index < -0.39 is 0 Å². The summed E-state index contributed by atoms with van der Waals surface area (Å²) in [5.74, 6) is 0. The number of fused-ring (bicyclic) bond motifs is 2. The summed E-state index contributed by atoms with van der Waals surface area (Å²) in [7, 11) is 12.0. The van der Waals surface area contributed by atoms with Crippen molar-refractivity contribution in [3.05, 3.63) is 132 Å². The second kappa shape index (κ2) is 15.9. The number of benzene rings is 4. The molecule has 0 saturated carbocycles. The van der Waals surface area contributed by atoms with E-state index in [0.717, 1.165) is 0 Å². The van der Waals surface area contributed by atoms with Gasteiger partial charge in [0.2, 0.25) is 0 Å². The average molecular weight is 612 g/mol. The van der Waals surface area contributed by atoms with Crippen molar-refractivity contribution in [1.82, 2.24) is 9.62 Å². The van der Waals surface area contributed by atoms with Gasteiger partial charge in [0.25, 0.3) is 0 Å². The minimum Gasteiger partial charge on any atom is -0.359 e. The summed E-state index contributed by atoms with van der Waals surface area (Å²) in [5.41, 5.74) is 7.89. The van der Waals surface area contributed by atoms with Crippen LogP contribution in [-0.2, 0) is 26.2 Å². The van der Waals surface area contributed by atoms with Crippen molar-refractivity contribution < 1.29 is 26.2 Å². The molecule has 202 valence electrons. The van der Waals surface area contributed by atoms with Crippen LogP contribution in [0.2, 0.25) is 0 Å². The quantitative estimate of drug-likeness (QED) is 0.143. The molecule has 0 amide bonds. The van der Waals surface area contributed by atoms with Gasteiger partial charge in [-0.05, 0) is 39.3 Å². The van der Waals surface area contributed by atoms with Crippen LogP contribution in [0.3, 0.4) is 0 Å². The molecule has 0 unspecified atom stereocenters. The zero-order valence-electron chi connectivity index (χ0n) is 25.1. The van der Waals surface area contributed by atoms with Crippen LogP contribution in [0.4, 0.5) is 0 Å². The molecule has 0 fully saturated rings. The van der Waals surface area contributed by atoms with E-state index in [4.69, 9.17) is 0 Å². The third-order valence-corrected chi connectivity index (χ3v) is 6.62. The van der Waals surface area contributed by atoms with Gasteiger partial charge in [-0.25, -0.2) is 0 Å². The molecule has 0 aliphatic heterocycles. The van der Waals surface area contributed by atoms with Gasteiger partial charge in [-0.1, -0.05) is 97.8 Å². The van der Waals surface area contributed by atoms with Crippen molar-refractivity contribution in [2.45, 2.75) is 13.8 Å². The molecule has 0 heterocycles. The predicted molar refractivity (Wildman–Crippen MR) is 178 cm³/mol. The van der Waals surface area contributed by atoms with Crippen LogP contribution in [0.15, 0.2) is 121 Å². The molecular formula is C36H38B2N2Zr. The van der Waals surface area contributed by atoms with Gasteiger partial charge in [0.1, 0.15) is 0 Å². The Kier molecular flexibility index (Phi) is 12.6. The first-order valence-corrected chi connectivity index (χ1v) is 13.8. The van der Waals surface area contributed by atoms with Crippen LogP contribution < -0.4 is 0 Å². The molecular weight excluding hydrogens is 573 g/mol. The van der Waals surface area contributed by atoms with Gasteiger partial charge in [-0.15, -0.1) is 69.1 Å². The third kappa shape index (κ3) is 9.27. The van der Waals surface area contributed by atoms with Crippen LogP contribution in [0, 0.1) is 13.8 Å². The number of rotatable bonds is 5. The Morgan fingerprint density at radius 1 is 0.488 bits per heavy atom. The maximum Gasteiger partial charge on any atom is 2.00 e. The van der Waals surface area contributed by atoms with Gasteiger partial charge in [0, 0.05) is 0 Å². The molecule has 6 aromatic rings. The maximum atomic E-state index is 2.26. The number of nitrogens with zero attached hydrogens (tertiary/aromatic N) is 2. The molecule has 0 atom stereocenters. The van der Waals surface area contributed by atoms with E-state index in [1.165, 1.54) is 54.9 Å². The van der Waals surface area contributed by atoms with E-state index in [9.17, 15) is 0 Å². The number of aryl methyl sites for hydroxylation is 2. The molecule has 0 N–H and O–H groups in total. The Morgan fingerprint density at radius 3 is 1.20 bits per heavy atom. The van der Waals surface area contributed by atoms with Crippen LogP contribution in [0.25, 0.3) is 43.8 Å². The fourth-order valence-electron chi connectivity index (χ4n) is 4.77. The van der Waals surface area contributed by atoms with E-state index in [1.54, 1.807) is 0 Å². The first-order chi connectivity index (χ1) is 19.3. The summed E-state index contributed by atoms with van der Waals surface area (Å²) in [6.07, 6.45) is 0. The van der Waals surface area contributed by atoms with E-state index >= 15 is 0 Å². The molecule has 41 heavy (non-hydrogen) atoms. The SMILES string of the molecule is CN(C)[B][B]N(C)C.Cc1cc2c(-c3ccccc3)cccc2[cH-]1.Cc1cc2c(-c3ccccc3)cccc2[cH-]1.[Zr+2]. The average Bonchev–Trinajstić information content (AvgIpc) is 3.54. The molecule has 0 saturated heterocycles. The van der Waals surface area contributed by atoms with Gasteiger partial charge < -0.3 is 9.62 Å². The predicted octanol–water partition coefficient (Wildman–Crippen LogP) is 8.33. The third-order valence-electron chi connectivity index (χ3n) is 6.62. The van der Waals surface area contributed by atoms with Crippen LogP contribution >= 0.6 is 0 Å². The van der Waals surface area contributed by atoms with E-state index in [1.807, 2.05) is 52.4 Å². The first-order valence-electron chi connectivity index (χ1n) is 13.8. The Labute approximate surface area is 267 Å². The van der Waals surface area contributed by atoms with Crippen LogP contribution in [0.1, 0.15) is 11.1 Å². The minimum absolute atomic E-state index is 0. The summed E-state index contributed by atoms with van der Waals surface area (Å²) in [4.78, 5) is 4.00. The Balaban J connectivity index is 0.000000178. The van der Waals surface area contributed by atoms with E-state index in [-0.39, 0.29) is 26.2 Å². The zero-order chi connectivity index (χ0) is 28.5. The van der Waals surface area contributed by atoms with Gasteiger partial charge in [-0.2, -0.15) is 12.1 Å². The largest absolute Gasteiger partial charge is 2.00 e. The zero-order valence-corrected chi connectivity index (χ0v) is 27.6. The minimum atomic E-state index is 0. The normalized spacial score (nSPS) is 10.4. The van der Waals surface area contributed by atoms with Crippen molar-refractivity contribution in [1.29, 1.82) is 0 Å². The van der Waals surface area contributed by atoms with Gasteiger partial charge in [0.15, 0.2) is 14.6 Å². The topological polar surface area (TPSA) is 6.48 Å². The summed E-state index contributed by atoms with van der Waals surface area (Å²) in [6, 6.07) is 43.1. The second-order valence-electron chi connectivity index (χ2n) is 10.6. The maximum absolute atomic E-state index is 2.26. The molecule has 0 aliphatic rings. The van der Waals surface area contributed by atoms with Crippen molar-refractivity contribution in [2.75, 3.05) is 28.2 Å². The fourth-order valence-corrected chi connectivity index (χ4v) is 4.77. The molecule has 0 aromatic heterocycles. The molecule has 5 heteroatoms. The van der Waals surface area contributed by atoms with E-state index in [2.05, 4.69) is 135 Å². The Bertz CT molecular complexity index is 1500. The molecule has 0 spiro atoms. The second-order valence-corrected chi connectivity index (χ2v) is 10.6. The monoisotopic (exact) mass is 610 g/mol. The molecule has 6 rings (SSSR count). The smallest absolute Gasteiger partial charge is 0.359 e. The van der Waals surface area contributed by atoms with Gasteiger partial charge in [-0.3, -0.25) is 0 Å². The molecule has 2 nitrogen and oxygen atoms in total. The Morgan fingerprint density at radius 2 is 0.854 bits per heavy atom. The van der Waals surface area contributed by atoms with Gasteiger partial charge in [0.05, 0.1) is 0 Å². The summed E-state index contributed by atoms with van der Waals surface area (Å²) >= 11 is 0. The van der Waals surface area contributed by atoms with Crippen LogP contribution in [0.5, 0.6) is 0 Å². The number of hydrogen-bond donors (Lipinski definition) is 0. The fraction of sp³-hybridized carbons (Fsp3) is 0.167.